The van der Waals surface area contributed by atoms with Gasteiger partial charge in [-0.3, -0.25) is 4.79 Å². The Morgan fingerprint density at radius 3 is 2.70 bits per heavy atom. The molecule has 1 atom stereocenters. The molecule has 0 radical (unpaired) electrons. The summed E-state index contributed by atoms with van der Waals surface area (Å²) in [6.45, 7) is 1.33. The van der Waals surface area contributed by atoms with E-state index in [2.05, 4.69) is 0 Å². The lowest BCUT2D eigenvalue weighted by atomic mass is 9.98. The fourth-order valence-electron chi connectivity index (χ4n) is 2.36. The Morgan fingerprint density at radius 1 is 1.40 bits per heavy atom. The zero-order valence-electron chi connectivity index (χ0n) is 11.0. The Morgan fingerprint density at radius 2 is 2.10 bits per heavy atom. The minimum Gasteiger partial charge on any atom is -0.396 e. The molecule has 6 heteroatoms. The predicted molar refractivity (Wildman–Crippen MR) is 74.0 cm³/mol. The first kappa shape index (κ1) is 15.3. The highest BCUT2D eigenvalue weighted by atomic mass is 32.2. The van der Waals surface area contributed by atoms with Gasteiger partial charge in [0.15, 0.2) is 0 Å². The number of aliphatic hydroxyl groups excluding tert-OH is 1. The van der Waals surface area contributed by atoms with E-state index in [4.69, 9.17) is 5.11 Å². The zero-order chi connectivity index (χ0) is 14.5. The van der Waals surface area contributed by atoms with E-state index in [-0.39, 0.29) is 18.4 Å². The van der Waals surface area contributed by atoms with Gasteiger partial charge in [-0.25, -0.2) is 0 Å². The molecule has 1 aliphatic rings. The van der Waals surface area contributed by atoms with Crippen LogP contribution in [0, 0.1) is 5.92 Å². The summed E-state index contributed by atoms with van der Waals surface area (Å²) in [6, 6.07) is 6.24. The van der Waals surface area contributed by atoms with Crippen LogP contribution < -0.4 is 0 Å². The number of carbonyl (C=O) groups excluding carboxylic acids is 1. The molecule has 2 rings (SSSR count). The van der Waals surface area contributed by atoms with Crippen LogP contribution in [0.1, 0.15) is 23.2 Å². The number of rotatable bonds is 4. The van der Waals surface area contributed by atoms with Crippen molar-refractivity contribution in [1.29, 1.82) is 0 Å². The lowest BCUT2D eigenvalue weighted by Crippen LogP contribution is -2.40. The fourth-order valence-corrected chi connectivity index (χ4v) is 2.86. The van der Waals surface area contributed by atoms with Gasteiger partial charge in [0.1, 0.15) is 0 Å². The number of hydrogen-bond acceptors (Lipinski definition) is 3. The van der Waals surface area contributed by atoms with Gasteiger partial charge in [0, 0.05) is 30.2 Å². The molecule has 1 amide bonds. The molecule has 3 nitrogen and oxygen atoms in total. The number of likely N-dealkylation sites (tertiary alicyclic amines) is 1. The molecule has 1 aromatic rings. The average Bonchev–Trinajstić information content (AvgIpc) is 2.47. The average molecular weight is 301 g/mol. The van der Waals surface area contributed by atoms with Crippen LogP contribution in [0.4, 0.5) is 8.78 Å². The van der Waals surface area contributed by atoms with Gasteiger partial charge in [0.25, 0.3) is 11.7 Å². The maximum atomic E-state index is 12.3. The van der Waals surface area contributed by atoms with Crippen molar-refractivity contribution in [2.75, 3.05) is 19.7 Å². The standard InChI is InChI=1S/C14H17F2NO2S/c15-14(16)20-12-5-3-11(4-6-12)13(19)17-7-1-2-10(8-17)9-18/h3-6,10,14,18H,1-2,7-9H2. The molecule has 0 saturated carbocycles. The molecular formula is C14H17F2NO2S. The van der Waals surface area contributed by atoms with Crippen molar-refractivity contribution in [3.63, 3.8) is 0 Å². The molecule has 1 saturated heterocycles. The van der Waals surface area contributed by atoms with Crippen molar-refractivity contribution < 1.29 is 18.7 Å². The number of benzene rings is 1. The third-order valence-corrected chi connectivity index (χ3v) is 4.11. The first-order valence-corrected chi connectivity index (χ1v) is 7.43. The molecule has 0 aromatic heterocycles. The molecule has 1 aromatic carbocycles. The molecular weight excluding hydrogens is 284 g/mol. The van der Waals surface area contributed by atoms with E-state index >= 15 is 0 Å². The number of aliphatic hydroxyl groups is 1. The lowest BCUT2D eigenvalue weighted by molar-refractivity contribution is 0.0620. The molecule has 0 bridgehead atoms. The highest BCUT2D eigenvalue weighted by molar-refractivity contribution is 7.99. The van der Waals surface area contributed by atoms with Gasteiger partial charge in [0.2, 0.25) is 0 Å². The monoisotopic (exact) mass is 301 g/mol. The third-order valence-electron chi connectivity index (χ3n) is 3.39. The summed E-state index contributed by atoms with van der Waals surface area (Å²) in [5.74, 6) is -2.41. The van der Waals surface area contributed by atoms with Gasteiger partial charge < -0.3 is 10.0 Å². The zero-order valence-corrected chi connectivity index (χ0v) is 11.8. The van der Waals surface area contributed by atoms with Gasteiger partial charge >= 0.3 is 0 Å². The Hall–Kier alpha value is -1.14. The second kappa shape index (κ2) is 7.04. The molecule has 1 aliphatic heterocycles. The van der Waals surface area contributed by atoms with Gasteiger partial charge in [-0.15, -0.1) is 0 Å². The van der Waals surface area contributed by atoms with Crippen LogP contribution in [0.2, 0.25) is 0 Å². The molecule has 1 fully saturated rings. The number of halogens is 2. The van der Waals surface area contributed by atoms with Crippen LogP contribution in [-0.2, 0) is 0 Å². The van der Waals surface area contributed by atoms with E-state index in [0.29, 0.717) is 35.3 Å². The van der Waals surface area contributed by atoms with E-state index in [1.54, 1.807) is 17.0 Å². The van der Waals surface area contributed by atoms with E-state index in [1.165, 1.54) is 12.1 Å². The summed E-state index contributed by atoms with van der Waals surface area (Å²) in [5.41, 5.74) is 0.502. The summed E-state index contributed by atoms with van der Waals surface area (Å²) < 4.78 is 24.4. The number of hydrogen-bond donors (Lipinski definition) is 1. The van der Waals surface area contributed by atoms with Crippen molar-refractivity contribution in [1.82, 2.24) is 4.90 Å². The molecule has 20 heavy (non-hydrogen) atoms. The van der Waals surface area contributed by atoms with Gasteiger partial charge in [0.05, 0.1) is 0 Å². The van der Waals surface area contributed by atoms with E-state index in [1.807, 2.05) is 0 Å². The minimum atomic E-state index is -2.45. The Bertz CT molecular complexity index is 453. The Labute approximate surface area is 121 Å². The molecule has 1 unspecified atom stereocenters. The number of alkyl halides is 2. The van der Waals surface area contributed by atoms with Crippen LogP contribution in [0.25, 0.3) is 0 Å². The van der Waals surface area contributed by atoms with Crippen molar-refractivity contribution in [3.8, 4) is 0 Å². The maximum Gasteiger partial charge on any atom is 0.288 e. The van der Waals surface area contributed by atoms with Gasteiger partial charge in [-0.1, -0.05) is 11.8 Å². The van der Waals surface area contributed by atoms with Crippen LogP contribution >= 0.6 is 11.8 Å². The smallest absolute Gasteiger partial charge is 0.288 e. The molecule has 1 heterocycles. The van der Waals surface area contributed by atoms with Crippen LogP contribution in [0.5, 0.6) is 0 Å². The van der Waals surface area contributed by atoms with Crippen molar-refractivity contribution >= 4 is 17.7 Å². The van der Waals surface area contributed by atoms with Gasteiger partial charge in [-0.05, 0) is 43.0 Å². The Kier molecular flexibility index (Phi) is 5.37. The topological polar surface area (TPSA) is 40.5 Å². The molecule has 0 spiro atoms. The molecule has 0 aliphatic carbocycles. The van der Waals surface area contributed by atoms with E-state index in [0.717, 1.165) is 12.8 Å². The van der Waals surface area contributed by atoms with Gasteiger partial charge in [-0.2, -0.15) is 8.78 Å². The summed E-state index contributed by atoms with van der Waals surface area (Å²) in [4.78, 5) is 14.5. The molecule has 1 N–H and O–H groups in total. The van der Waals surface area contributed by atoms with Crippen molar-refractivity contribution in [3.05, 3.63) is 29.8 Å². The first-order valence-electron chi connectivity index (χ1n) is 6.55. The quantitative estimate of drug-likeness (QED) is 0.869. The fraction of sp³-hybridized carbons (Fsp3) is 0.500. The number of amides is 1. The SMILES string of the molecule is O=C(c1ccc(SC(F)F)cc1)N1CCCC(CO)C1. The second-order valence-electron chi connectivity index (χ2n) is 4.84. The summed E-state index contributed by atoms with van der Waals surface area (Å²) in [5, 5.41) is 9.17. The third kappa shape index (κ3) is 3.93. The largest absolute Gasteiger partial charge is 0.396 e. The normalized spacial score (nSPS) is 19.4. The van der Waals surface area contributed by atoms with E-state index < -0.39 is 5.76 Å². The van der Waals surface area contributed by atoms with Crippen molar-refractivity contribution in [2.45, 2.75) is 23.5 Å². The minimum absolute atomic E-state index is 0.0910. The number of carbonyl (C=O) groups is 1. The second-order valence-corrected chi connectivity index (χ2v) is 5.91. The summed E-state index contributed by atoms with van der Waals surface area (Å²) in [6.07, 6.45) is 1.82. The highest BCUT2D eigenvalue weighted by Gasteiger charge is 2.23. The van der Waals surface area contributed by atoms with E-state index in [9.17, 15) is 13.6 Å². The number of thioether (sulfide) groups is 1. The lowest BCUT2D eigenvalue weighted by Gasteiger charge is -2.31. The summed E-state index contributed by atoms with van der Waals surface area (Å²) >= 11 is 0.467. The predicted octanol–water partition coefficient (Wildman–Crippen LogP) is 2.85. The Balaban J connectivity index is 2.01. The van der Waals surface area contributed by atoms with Crippen LogP contribution in [0.3, 0.4) is 0 Å². The first-order chi connectivity index (χ1) is 9.60. The number of piperidine rings is 1. The molecule has 110 valence electrons. The van der Waals surface area contributed by atoms with Crippen molar-refractivity contribution in [2.24, 2.45) is 5.92 Å². The number of nitrogens with zero attached hydrogens (tertiary/aromatic N) is 1. The summed E-state index contributed by atoms with van der Waals surface area (Å²) in [7, 11) is 0. The van der Waals surface area contributed by atoms with Crippen LogP contribution in [-0.4, -0.2) is 41.4 Å². The highest BCUT2D eigenvalue weighted by Crippen LogP contribution is 2.26. The van der Waals surface area contributed by atoms with Crippen LogP contribution in [0.15, 0.2) is 29.2 Å². The maximum absolute atomic E-state index is 12.3.